The molecule has 1 nitrogen and oxygen atoms in total. The fourth-order valence-electron chi connectivity index (χ4n) is 0.462. The third-order valence-electron chi connectivity index (χ3n) is 1.04. The minimum atomic E-state index is 0.423. The number of hydrogen-bond acceptors (Lipinski definition) is 1. The van der Waals surface area contributed by atoms with Crippen molar-refractivity contribution in [2.75, 3.05) is 6.66 Å². The van der Waals surface area contributed by atoms with Gasteiger partial charge in [-0.2, -0.15) is 0 Å². The van der Waals surface area contributed by atoms with Crippen molar-refractivity contribution in [2.45, 2.75) is 26.2 Å². The fraction of sp³-hybridized carbons (Fsp3) is 0.833. The normalized spacial score (nSPS) is 10.8. The van der Waals surface area contributed by atoms with Crippen LogP contribution in [0, 0.1) is 0 Å². The average molecular weight is 132 g/mol. The zero-order chi connectivity index (χ0) is 6.41. The van der Waals surface area contributed by atoms with Gasteiger partial charge in [0.25, 0.3) is 0 Å². The summed E-state index contributed by atoms with van der Waals surface area (Å²) in [5, 5.41) is 0. The van der Waals surface area contributed by atoms with Crippen LogP contribution in [0.25, 0.3) is 0 Å². The van der Waals surface area contributed by atoms with E-state index in [-0.39, 0.29) is 0 Å². The van der Waals surface area contributed by atoms with E-state index in [1.54, 1.807) is 0 Å². The van der Waals surface area contributed by atoms with Crippen molar-refractivity contribution in [3.05, 3.63) is 0 Å². The van der Waals surface area contributed by atoms with Crippen LogP contribution in [0.1, 0.15) is 26.2 Å². The van der Waals surface area contributed by atoms with E-state index in [0.29, 0.717) is 14.1 Å². The molecule has 48 valence electrons. The van der Waals surface area contributed by atoms with Crippen LogP contribution in [0.5, 0.6) is 0 Å². The van der Waals surface area contributed by atoms with Crippen molar-refractivity contribution in [1.29, 1.82) is 0 Å². The van der Waals surface area contributed by atoms with Crippen LogP contribution in [-0.2, 0) is 4.79 Å². The molecule has 0 aromatic heterocycles. The van der Waals surface area contributed by atoms with Crippen molar-refractivity contribution in [1.82, 2.24) is 0 Å². The second-order valence-electron chi connectivity index (χ2n) is 1.78. The quantitative estimate of drug-likeness (QED) is 0.535. The molecule has 8 heavy (non-hydrogen) atoms. The van der Waals surface area contributed by atoms with Crippen molar-refractivity contribution in [3.8, 4) is 0 Å². The monoisotopic (exact) mass is 132 g/mol. The highest BCUT2D eigenvalue weighted by Crippen LogP contribution is 2.09. The molecule has 0 radical (unpaired) electrons. The molecule has 0 aromatic rings. The highest BCUT2D eigenvalue weighted by Gasteiger charge is 1.93. The van der Waals surface area contributed by atoms with Crippen LogP contribution in [0.3, 0.4) is 0 Å². The summed E-state index contributed by atoms with van der Waals surface area (Å²) in [4.78, 5) is 10.6. The number of carbonyl (C=O) groups excluding carboxylic acids is 1. The number of carbonyl (C=O) groups is 1. The van der Waals surface area contributed by atoms with Crippen LogP contribution >= 0.6 is 8.58 Å². The Bertz CT molecular complexity index is 70.9. The minimum Gasteiger partial charge on any atom is -0.295 e. The minimum absolute atomic E-state index is 0.423. The van der Waals surface area contributed by atoms with Gasteiger partial charge in [0.05, 0.1) is 0 Å². The lowest BCUT2D eigenvalue weighted by Crippen LogP contribution is -1.85. The Morgan fingerprint density at radius 3 is 2.62 bits per heavy atom. The molecule has 1 atom stereocenters. The lowest BCUT2D eigenvalue weighted by molar-refractivity contribution is -0.111. The van der Waals surface area contributed by atoms with Gasteiger partial charge in [0.15, 0.2) is 5.52 Å². The molecule has 0 aromatic carbocycles. The number of hydrogen-bond donors (Lipinski definition) is 0. The summed E-state index contributed by atoms with van der Waals surface area (Å²) in [5.74, 6) is 0. The van der Waals surface area contributed by atoms with E-state index in [0.717, 1.165) is 19.3 Å². The van der Waals surface area contributed by atoms with Crippen LogP contribution in [0.15, 0.2) is 0 Å². The molecule has 0 bridgehead atoms. The molecule has 0 spiro atoms. The molecule has 2 heteroatoms. The largest absolute Gasteiger partial charge is 0.295 e. The molecule has 0 N–H and O–H groups in total. The van der Waals surface area contributed by atoms with Crippen LogP contribution in [0.4, 0.5) is 0 Å². The predicted molar refractivity (Wildman–Crippen MR) is 38.8 cm³/mol. The molecule has 0 aliphatic carbocycles. The summed E-state index contributed by atoms with van der Waals surface area (Å²) in [6, 6.07) is 0. The second kappa shape index (κ2) is 5.24. The van der Waals surface area contributed by atoms with Crippen molar-refractivity contribution in [2.24, 2.45) is 0 Å². The number of rotatable bonds is 4. The van der Waals surface area contributed by atoms with Crippen molar-refractivity contribution in [3.63, 3.8) is 0 Å². The predicted octanol–water partition coefficient (Wildman–Crippen LogP) is 2.01. The maximum Gasteiger partial charge on any atom is 0.151 e. The smallest absolute Gasteiger partial charge is 0.151 e. The topological polar surface area (TPSA) is 17.1 Å². The Hall–Kier alpha value is 0.100. The van der Waals surface area contributed by atoms with Gasteiger partial charge in [0, 0.05) is 6.42 Å². The molecule has 0 heterocycles. The van der Waals surface area contributed by atoms with Gasteiger partial charge >= 0.3 is 0 Å². The average Bonchev–Trinajstić information content (AvgIpc) is 1.83. The molecule has 0 aliphatic heterocycles. The Morgan fingerprint density at radius 1 is 1.62 bits per heavy atom. The summed E-state index contributed by atoms with van der Waals surface area (Å²) in [6.45, 7) is 4.05. The van der Waals surface area contributed by atoms with Crippen LogP contribution in [0.2, 0.25) is 0 Å². The highest BCUT2D eigenvalue weighted by molar-refractivity contribution is 7.57. The summed E-state index contributed by atoms with van der Waals surface area (Å²) in [7, 11) is 0.502. The van der Waals surface area contributed by atoms with E-state index in [1.807, 2.05) is 6.66 Å². The van der Waals surface area contributed by atoms with Crippen LogP contribution < -0.4 is 0 Å². The summed E-state index contributed by atoms with van der Waals surface area (Å²) < 4.78 is 0. The number of unbranched alkanes of at least 4 members (excludes halogenated alkanes) is 1. The lowest BCUT2D eigenvalue weighted by Gasteiger charge is -1.91. The lowest BCUT2D eigenvalue weighted by atomic mass is 10.3. The van der Waals surface area contributed by atoms with E-state index in [1.165, 1.54) is 0 Å². The molecule has 1 unspecified atom stereocenters. The molecule has 0 saturated carbocycles. The van der Waals surface area contributed by atoms with Gasteiger partial charge in [-0.3, -0.25) is 4.79 Å². The fourth-order valence-corrected chi connectivity index (χ4v) is 0.889. The van der Waals surface area contributed by atoms with Gasteiger partial charge in [-0.15, -0.1) is 0 Å². The Balaban J connectivity index is 2.99. The molecule has 0 fully saturated rings. The van der Waals surface area contributed by atoms with Gasteiger partial charge in [-0.05, 0) is 13.1 Å². The maximum absolute atomic E-state index is 10.6. The Kier molecular flexibility index (Phi) is 5.31. The van der Waals surface area contributed by atoms with Gasteiger partial charge in [-0.25, -0.2) is 0 Å². The van der Waals surface area contributed by atoms with Gasteiger partial charge in [0.1, 0.15) is 0 Å². The van der Waals surface area contributed by atoms with Gasteiger partial charge in [-0.1, -0.05) is 21.9 Å². The molecule has 0 amide bonds. The summed E-state index contributed by atoms with van der Waals surface area (Å²) >= 11 is 0. The van der Waals surface area contributed by atoms with Gasteiger partial charge < -0.3 is 0 Å². The highest BCUT2D eigenvalue weighted by atomic mass is 31.1. The third-order valence-corrected chi connectivity index (χ3v) is 1.84. The first kappa shape index (κ1) is 8.10. The summed E-state index contributed by atoms with van der Waals surface area (Å²) in [6.07, 6.45) is 3.00. The van der Waals surface area contributed by atoms with E-state index >= 15 is 0 Å². The SMILES string of the molecule is CCCCC(=O)PC. The van der Waals surface area contributed by atoms with E-state index < -0.39 is 0 Å². The Labute approximate surface area is 52.6 Å². The third kappa shape index (κ3) is 4.26. The standard InChI is InChI=1S/C6H13OP/c1-3-4-5-6(7)8-2/h8H,3-5H2,1-2H3. The first-order chi connectivity index (χ1) is 3.81. The molecule has 0 aliphatic rings. The van der Waals surface area contributed by atoms with E-state index in [4.69, 9.17) is 0 Å². The second-order valence-corrected chi connectivity index (χ2v) is 2.83. The Morgan fingerprint density at radius 2 is 2.25 bits per heavy atom. The zero-order valence-corrected chi connectivity index (χ0v) is 6.53. The molecular weight excluding hydrogens is 119 g/mol. The molecule has 0 saturated heterocycles. The molecule has 0 rings (SSSR count). The molecular formula is C6H13OP. The van der Waals surface area contributed by atoms with E-state index in [2.05, 4.69) is 6.92 Å². The van der Waals surface area contributed by atoms with E-state index in [9.17, 15) is 4.79 Å². The van der Waals surface area contributed by atoms with Crippen LogP contribution in [-0.4, -0.2) is 12.2 Å². The van der Waals surface area contributed by atoms with Crippen molar-refractivity contribution >= 4 is 14.1 Å². The first-order valence-electron chi connectivity index (χ1n) is 3.01. The summed E-state index contributed by atoms with van der Waals surface area (Å²) in [5.41, 5.74) is 0.423. The maximum atomic E-state index is 10.6. The van der Waals surface area contributed by atoms with Gasteiger partial charge in [0.2, 0.25) is 0 Å². The van der Waals surface area contributed by atoms with Crippen molar-refractivity contribution < 1.29 is 4.79 Å². The first-order valence-corrected chi connectivity index (χ1v) is 4.51. The zero-order valence-electron chi connectivity index (χ0n) is 5.53.